The van der Waals surface area contributed by atoms with E-state index in [1.807, 2.05) is 24.3 Å². The molecule has 1 heterocycles. The Morgan fingerprint density at radius 2 is 1.64 bits per heavy atom. The molecule has 0 aliphatic carbocycles. The van der Waals surface area contributed by atoms with Crippen molar-refractivity contribution in [1.82, 2.24) is 10.2 Å². The van der Waals surface area contributed by atoms with E-state index in [1.165, 1.54) is 18.2 Å². The van der Waals surface area contributed by atoms with E-state index in [1.54, 1.807) is 31.4 Å². The molecule has 0 saturated heterocycles. The first-order chi connectivity index (χ1) is 12.1. The minimum absolute atomic E-state index is 0.0753. The molecule has 1 aromatic heterocycles. The van der Waals surface area contributed by atoms with Gasteiger partial charge >= 0.3 is 0 Å². The van der Waals surface area contributed by atoms with Gasteiger partial charge in [0.2, 0.25) is 9.84 Å². The van der Waals surface area contributed by atoms with Crippen LogP contribution in [0.3, 0.4) is 0 Å². The molecule has 0 spiro atoms. The van der Waals surface area contributed by atoms with Gasteiger partial charge in [0, 0.05) is 6.54 Å². The maximum atomic E-state index is 12.5. The van der Waals surface area contributed by atoms with Gasteiger partial charge in [-0.3, -0.25) is 0 Å². The van der Waals surface area contributed by atoms with E-state index in [4.69, 9.17) is 4.74 Å². The number of aromatic nitrogens is 2. The fraction of sp³-hybridized carbons (Fsp3) is 0.111. The van der Waals surface area contributed by atoms with Crippen LogP contribution in [0.25, 0.3) is 0 Å². The van der Waals surface area contributed by atoms with Gasteiger partial charge in [-0.2, -0.15) is 0 Å². The van der Waals surface area contributed by atoms with Crippen LogP contribution in [0.15, 0.2) is 76.7 Å². The van der Waals surface area contributed by atoms with Crippen molar-refractivity contribution in [3.63, 3.8) is 0 Å². The van der Waals surface area contributed by atoms with Gasteiger partial charge in [0.15, 0.2) is 5.03 Å². The zero-order valence-electron chi connectivity index (χ0n) is 13.6. The maximum absolute atomic E-state index is 12.5. The van der Waals surface area contributed by atoms with Crippen LogP contribution < -0.4 is 10.1 Å². The highest BCUT2D eigenvalue weighted by molar-refractivity contribution is 7.91. The lowest BCUT2D eigenvalue weighted by molar-refractivity contribution is 0.414. The Morgan fingerprint density at radius 1 is 0.920 bits per heavy atom. The summed E-state index contributed by atoms with van der Waals surface area (Å²) >= 11 is 0. The van der Waals surface area contributed by atoms with Crippen molar-refractivity contribution < 1.29 is 13.2 Å². The monoisotopic (exact) mass is 355 g/mol. The van der Waals surface area contributed by atoms with Crippen LogP contribution in [-0.2, 0) is 16.4 Å². The molecule has 25 heavy (non-hydrogen) atoms. The summed E-state index contributed by atoms with van der Waals surface area (Å²) in [6, 6.07) is 18.8. The van der Waals surface area contributed by atoms with Gasteiger partial charge < -0.3 is 10.1 Å². The molecule has 0 aliphatic heterocycles. The summed E-state index contributed by atoms with van der Waals surface area (Å²) < 4.78 is 30.0. The van der Waals surface area contributed by atoms with Gasteiger partial charge in [-0.1, -0.05) is 30.3 Å². The smallest absolute Gasteiger partial charge is 0.225 e. The highest BCUT2D eigenvalue weighted by Gasteiger charge is 2.19. The summed E-state index contributed by atoms with van der Waals surface area (Å²) in [5.41, 5.74) is 1.04. The molecule has 0 fully saturated rings. The first kappa shape index (κ1) is 16.9. The molecule has 2 aromatic carbocycles. The number of benzene rings is 2. The van der Waals surface area contributed by atoms with Crippen LogP contribution >= 0.6 is 0 Å². The first-order valence-corrected chi connectivity index (χ1v) is 9.08. The molecule has 128 valence electrons. The molecule has 0 aliphatic rings. The lowest BCUT2D eigenvalue weighted by Gasteiger charge is -2.07. The summed E-state index contributed by atoms with van der Waals surface area (Å²) in [5.74, 6) is 1.29. The lowest BCUT2D eigenvalue weighted by atomic mass is 10.2. The molecule has 6 nitrogen and oxygen atoms in total. The van der Waals surface area contributed by atoms with Gasteiger partial charge in [-0.15, -0.1) is 10.2 Å². The number of hydrogen-bond acceptors (Lipinski definition) is 6. The summed E-state index contributed by atoms with van der Waals surface area (Å²) in [6.45, 7) is 0.545. The van der Waals surface area contributed by atoms with Gasteiger partial charge in [0.25, 0.3) is 0 Å². The number of anilines is 1. The SMILES string of the molecule is COc1ccc(CNc2ccc(S(=O)(=O)c3ccccc3)nn2)cc1. The third kappa shape index (κ3) is 3.95. The van der Waals surface area contributed by atoms with Gasteiger partial charge in [-0.25, -0.2) is 8.42 Å². The number of nitrogens with zero attached hydrogens (tertiary/aromatic N) is 2. The number of ether oxygens (including phenoxy) is 1. The Hall–Kier alpha value is -2.93. The van der Waals surface area contributed by atoms with E-state index in [0.29, 0.717) is 12.4 Å². The Kier molecular flexibility index (Phi) is 4.95. The van der Waals surface area contributed by atoms with Crippen LogP contribution in [0.2, 0.25) is 0 Å². The summed E-state index contributed by atoms with van der Waals surface area (Å²) in [6.07, 6.45) is 0. The predicted molar refractivity (Wildman–Crippen MR) is 94.2 cm³/mol. The van der Waals surface area contributed by atoms with Crippen molar-refractivity contribution in [2.24, 2.45) is 0 Å². The molecule has 0 bridgehead atoms. The largest absolute Gasteiger partial charge is 0.497 e. The summed E-state index contributed by atoms with van der Waals surface area (Å²) in [4.78, 5) is 0.197. The van der Waals surface area contributed by atoms with Crippen LogP contribution in [0.5, 0.6) is 5.75 Å². The van der Waals surface area contributed by atoms with Crippen LogP contribution in [0.1, 0.15) is 5.56 Å². The fourth-order valence-corrected chi connectivity index (χ4v) is 3.37. The molecule has 0 unspecified atom stereocenters. The molecule has 3 rings (SSSR count). The summed E-state index contributed by atoms with van der Waals surface area (Å²) in [5, 5.41) is 10.8. The average Bonchev–Trinajstić information content (AvgIpc) is 2.68. The molecule has 0 amide bonds. The molecule has 3 aromatic rings. The third-order valence-electron chi connectivity index (χ3n) is 3.60. The molecular formula is C18H17N3O3S. The predicted octanol–water partition coefficient (Wildman–Crippen LogP) is 2.93. The number of methoxy groups -OCH3 is 1. The van der Waals surface area contributed by atoms with Gasteiger partial charge in [0.1, 0.15) is 11.6 Å². The van der Waals surface area contributed by atoms with E-state index in [2.05, 4.69) is 15.5 Å². The molecule has 1 N–H and O–H groups in total. The minimum Gasteiger partial charge on any atom is -0.497 e. The normalized spacial score (nSPS) is 11.1. The fourth-order valence-electron chi connectivity index (χ4n) is 2.21. The van der Waals surface area contributed by atoms with Crippen molar-refractivity contribution in [2.75, 3.05) is 12.4 Å². The highest BCUT2D eigenvalue weighted by atomic mass is 32.2. The van der Waals surface area contributed by atoms with Crippen LogP contribution in [0, 0.1) is 0 Å². The maximum Gasteiger partial charge on any atom is 0.225 e. The zero-order chi connectivity index (χ0) is 17.7. The lowest BCUT2D eigenvalue weighted by Crippen LogP contribution is -2.08. The highest BCUT2D eigenvalue weighted by Crippen LogP contribution is 2.19. The Morgan fingerprint density at radius 3 is 2.24 bits per heavy atom. The number of nitrogens with one attached hydrogen (secondary N) is 1. The standard InChI is InChI=1S/C18H17N3O3S/c1-24-15-9-7-14(8-10-15)13-19-17-11-12-18(21-20-17)25(22,23)16-5-3-2-4-6-16/h2-12H,13H2,1H3,(H,19,20). The van der Waals surface area contributed by atoms with Crippen molar-refractivity contribution in [3.05, 3.63) is 72.3 Å². The zero-order valence-corrected chi connectivity index (χ0v) is 14.4. The summed E-state index contributed by atoms with van der Waals surface area (Å²) in [7, 11) is -2.03. The van der Waals surface area contributed by atoms with Crippen molar-refractivity contribution in [2.45, 2.75) is 16.5 Å². The number of sulfone groups is 1. The molecule has 0 saturated carbocycles. The first-order valence-electron chi connectivity index (χ1n) is 7.60. The minimum atomic E-state index is -3.65. The van der Waals surface area contributed by atoms with E-state index in [9.17, 15) is 8.42 Å². The molecular weight excluding hydrogens is 338 g/mol. The average molecular weight is 355 g/mol. The van der Waals surface area contributed by atoms with Gasteiger partial charge in [-0.05, 0) is 42.0 Å². The number of hydrogen-bond donors (Lipinski definition) is 1. The van der Waals surface area contributed by atoms with Gasteiger partial charge in [0.05, 0.1) is 12.0 Å². The Bertz CT molecular complexity index is 926. The van der Waals surface area contributed by atoms with Crippen molar-refractivity contribution in [3.8, 4) is 5.75 Å². The van der Waals surface area contributed by atoms with E-state index in [-0.39, 0.29) is 9.92 Å². The second-order valence-corrected chi connectivity index (χ2v) is 7.17. The third-order valence-corrected chi connectivity index (χ3v) is 5.26. The second kappa shape index (κ2) is 7.31. The van der Waals surface area contributed by atoms with E-state index >= 15 is 0 Å². The second-order valence-electron chi connectivity index (χ2n) is 5.27. The van der Waals surface area contributed by atoms with Crippen LogP contribution in [0.4, 0.5) is 5.82 Å². The van der Waals surface area contributed by atoms with Crippen molar-refractivity contribution >= 4 is 15.7 Å². The topological polar surface area (TPSA) is 81.2 Å². The van der Waals surface area contributed by atoms with Crippen molar-refractivity contribution in [1.29, 1.82) is 0 Å². The molecule has 7 heteroatoms. The number of rotatable bonds is 6. The van der Waals surface area contributed by atoms with E-state index < -0.39 is 9.84 Å². The Labute approximate surface area is 146 Å². The quantitative estimate of drug-likeness (QED) is 0.732. The van der Waals surface area contributed by atoms with E-state index in [0.717, 1.165) is 11.3 Å². The molecule has 0 atom stereocenters. The van der Waals surface area contributed by atoms with Crippen LogP contribution in [-0.4, -0.2) is 25.7 Å². The Balaban J connectivity index is 1.69. The molecule has 0 radical (unpaired) electrons.